The quantitative estimate of drug-likeness (QED) is 0.310. The number of hydrogen-bond donors (Lipinski definition) is 1. The third-order valence-corrected chi connectivity index (χ3v) is 7.36. The minimum Gasteiger partial charge on any atom is -0.490 e. The maximum Gasteiger partial charge on any atom is 0.227 e. The van der Waals surface area contributed by atoms with Gasteiger partial charge in [0.1, 0.15) is 22.7 Å². The first kappa shape index (κ1) is 23.4. The molecule has 1 aliphatic heterocycles. The molecule has 6 rings (SSSR count). The number of piperidine rings is 1. The van der Waals surface area contributed by atoms with E-state index in [2.05, 4.69) is 43.3 Å². The van der Waals surface area contributed by atoms with Crippen LogP contribution < -0.4 is 10.1 Å². The van der Waals surface area contributed by atoms with Gasteiger partial charge in [0, 0.05) is 66.0 Å². The highest BCUT2D eigenvalue weighted by Crippen LogP contribution is 2.36. The number of aryl methyl sites for hydroxylation is 1. The lowest BCUT2D eigenvalue weighted by atomic mass is 10.1. The number of hydrogen-bond acceptors (Lipinski definition) is 9. The molecular formula is C28H27N7OS. The Labute approximate surface area is 219 Å². The Morgan fingerprint density at radius 1 is 0.946 bits per heavy atom. The van der Waals surface area contributed by atoms with Gasteiger partial charge in [0.2, 0.25) is 5.95 Å². The van der Waals surface area contributed by atoms with E-state index in [9.17, 15) is 0 Å². The molecule has 0 saturated carbocycles. The number of rotatable bonds is 6. The van der Waals surface area contributed by atoms with E-state index in [4.69, 9.17) is 9.72 Å². The summed E-state index contributed by atoms with van der Waals surface area (Å²) >= 11 is 1.61. The number of ether oxygens (including phenoxy) is 1. The van der Waals surface area contributed by atoms with Crippen molar-refractivity contribution in [3.8, 4) is 27.4 Å². The Bertz CT molecular complexity index is 1500. The molecule has 3 aromatic heterocycles. The molecule has 0 aliphatic carbocycles. The van der Waals surface area contributed by atoms with Gasteiger partial charge in [-0.1, -0.05) is 12.1 Å². The summed E-state index contributed by atoms with van der Waals surface area (Å²) in [4.78, 5) is 24.8. The number of aromatic nitrogens is 5. The van der Waals surface area contributed by atoms with Gasteiger partial charge in [-0.2, -0.15) is 0 Å². The molecule has 0 bridgehead atoms. The van der Waals surface area contributed by atoms with E-state index >= 15 is 0 Å². The molecule has 9 heteroatoms. The fraction of sp³-hybridized carbons (Fsp3) is 0.250. The van der Waals surface area contributed by atoms with Crippen LogP contribution in [0, 0.1) is 6.92 Å². The van der Waals surface area contributed by atoms with E-state index in [1.165, 1.54) is 0 Å². The van der Waals surface area contributed by atoms with Crippen molar-refractivity contribution in [2.24, 2.45) is 0 Å². The third kappa shape index (κ3) is 5.28. The maximum atomic E-state index is 6.54. The molecule has 0 radical (unpaired) electrons. The summed E-state index contributed by atoms with van der Waals surface area (Å²) in [6.07, 6.45) is 9.54. The first-order valence-corrected chi connectivity index (χ1v) is 13.2. The van der Waals surface area contributed by atoms with Gasteiger partial charge in [0.05, 0.1) is 11.1 Å². The van der Waals surface area contributed by atoms with E-state index in [-0.39, 0.29) is 6.10 Å². The van der Waals surface area contributed by atoms with E-state index in [1.807, 2.05) is 67.4 Å². The number of thiazole rings is 1. The van der Waals surface area contributed by atoms with Crippen LogP contribution in [-0.4, -0.2) is 56.1 Å². The summed E-state index contributed by atoms with van der Waals surface area (Å²) in [5.41, 5.74) is 4.75. The Balaban J connectivity index is 1.27. The first-order chi connectivity index (χ1) is 18.1. The van der Waals surface area contributed by atoms with Gasteiger partial charge in [-0.05, 0) is 50.6 Å². The highest BCUT2D eigenvalue weighted by molar-refractivity contribution is 7.13. The zero-order chi connectivity index (χ0) is 25.2. The number of likely N-dealkylation sites (tertiary alicyclic amines) is 1. The van der Waals surface area contributed by atoms with Crippen molar-refractivity contribution in [1.29, 1.82) is 0 Å². The summed E-state index contributed by atoms with van der Waals surface area (Å²) in [5.74, 6) is 2.12. The van der Waals surface area contributed by atoms with Crippen LogP contribution >= 0.6 is 11.3 Å². The van der Waals surface area contributed by atoms with Crippen LogP contribution in [0.4, 0.5) is 11.6 Å². The lowest BCUT2D eigenvalue weighted by Crippen LogP contribution is -2.35. The molecule has 0 unspecified atom stereocenters. The number of nitrogens with zero attached hydrogens (tertiary/aromatic N) is 6. The number of anilines is 2. The Morgan fingerprint density at radius 2 is 1.73 bits per heavy atom. The standard InChI is InChI=1S/C28H27N7OS/c1-18-30-16-21(17-31-18)19-3-5-22(6-4-19)33-28-32-15-20-13-24(27-29-9-12-37-27)26(14-25(20)34-28)36-23-7-10-35(2)11-8-23/h3-6,9,12-17,23H,7-8,10-11H2,1-2H3,(H,32,33,34). The highest BCUT2D eigenvalue weighted by Gasteiger charge is 2.21. The molecule has 1 aliphatic rings. The molecule has 5 aromatic rings. The molecule has 4 heterocycles. The van der Waals surface area contributed by atoms with Crippen molar-refractivity contribution in [3.05, 3.63) is 72.4 Å². The van der Waals surface area contributed by atoms with Gasteiger partial charge in [0.25, 0.3) is 0 Å². The number of nitrogens with one attached hydrogen (secondary N) is 1. The first-order valence-electron chi connectivity index (χ1n) is 12.3. The van der Waals surface area contributed by atoms with Crippen LogP contribution in [0.3, 0.4) is 0 Å². The minimum absolute atomic E-state index is 0.184. The van der Waals surface area contributed by atoms with Gasteiger partial charge in [0.15, 0.2) is 0 Å². The predicted octanol–water partition coefficient (Wildman–Crippen LogP) is 5.74. The summed E-state index contributed by atoms with van der Waals surface area (Å²) in [5, 5.41) is 7.19. The largest absolute Gasteiger partial charge is 0.490 e. The van der Waals surface area contributed by atoms with Crippen LogP contribution in [0.5, 0.6) is 5.75 Å². The molecule has 1 saturated heterocycles. The second-order valence-corrected chi connectivity index (χ2v) is 10.2. The second kappa shape index (κ2) is 10.2. The summed E-state index contributed by atoms with van der Waals surface area (Å²) in [7, 11) is 2.16. The molecule has 37 heavy (non-hydrogen) atoms. The van der Waals surface area contributed by atoms with Crippen molar-refractivity contribution < 1.29 is 4.74 Å². The average molecular weight is 510 g/mol. The van der Waals surface area contributed by atoms with Crippen molar-refractivity contribution in [3.63, 3.8) is 0 Å². The van der Waals surface area contributed by atoms with Crippen molar-refractivity contribution >= 4 is 33.9 Å². The van der Waals surface area contributed by atoms with Crippen LogP contribution in [0.2, 0.25) is 0 Å². The Morgan fingerprint density at radius 3 is 2.46 bits per heavy atom. The van der Waals surface area contributed by atoms with Gasteiger partial charge in [-0.3, -0.25) is 0 Å². The molecule has 2 aromatic carbocycles. The van der Waals surface area contributed by atoms with Gasteiger partial charge < -0.3 is 15.0 Å². The molecule has 1 N–H and O–H groups in total. The zero-order valence-electron chi connectivity index (χ0n) is 20.8. The van der Waals surface area contributed by atoms with Crippen molar-refractivity contribution in [2.75, 3.05) is 25.5 Å². The monoisotopic (exact) mass is 509 g/mol. The minimum atomic E-state index is 0.184. The van der Waals surface area contributed by atoms with Crippen LogP contribution in [0.25, 0.3) is 32.6 Å². The predicted molar refractivity (Wildman–Crippen MR) is 147 cm³/mol. The molecule has 0 spiro atoms. The van der Waals surface area contributed by atoms with Crippen molar-refractivity contribution in [1.82, 2.24) is 29.8 Å². The van der Waals surface area contributed by atoms with Crippen LogP contribution in [-0.2, 0) is 0 Å². The van der Waals surface area contributed by atoms with E-state index < -0.39 is 0 Å². The van der Waals surface area contributed by atoms with Crippen molar-refractivity contribution in [2.45, 2.75) is 25.9 Å². The van der Waals surface area contributed by atoms with Gasteiger partial charge in [-0.15, -0.1) is 11.3 Å². The lowest BCUT2D eigenvalue weighted by Gasteiger charge is -2.29. The Hall–Kier alpha value is -3.95. The summed E-state index contributed by atoms with van der Waals surface area (Å²) in [6.45, 7) is 3.96. The van der Waals surface area contributed by atoms with Crippen LogP contribution in [0.15, 0.2) is 66.6 Å². The number of benzene rings is 2. The van der Waals surface area contributed by atoms with Crippen LogP contribution in [0.1, 0.15) is 18.7 Å². The zero-order valence-corrected chi connectivity index (χ0v) is 21.6. The van der Waals surface area contributed by atoms with Gasteiger partial charge in [-0.25, -0.2) is 24.9 Å². The van der Waals surface area contributed by atoms with E-state index in [0.29, 0.717) is 5.95 Å². The molecular weight excluding hydrogens is 482 g/mol. The highest BCUT2D eigenvalue weighted by atomic mass is 32.1. The SMILES string of the molecule is Cc1ncc(-c2ccc(Nc3ncc4cc(-c5nccs5)c(OC5CCN(C)CC5)cc4n3)cc2)cn1. The smallest absolute Gasteiger partial charge is 0.227 e. The van der Waals surface area contributed by atoms with E-state index in [0.717, 1.165) is 75.8 Å². The molecule has 8 nitrogen and oxygen atoms in total. The maximum absolute atomic E-state index is 6.54. The van der Waals surface area contributed by atoms with Gasteiger partial charge >= 0.3 is 0 Å². The van der Waals surface area contributed by atoms with E-state index in [1.54, 1.807) is 11.3 Å². The molecule has 0 amide bonds. The number of fused-ring (bicyclic) bond motifs is 1. The normalized spacial score (nSPS) is 14.6. The fourth-order valence-electron chi connectivity index (χ4n) is 4.44. The topological polar surface area (TPSA) is 89.0 Å². The summed E-state index contributed by atoms with van der Waals surface area (Å²) < 4.78 is 6.54. The molecule has 1 fully saturated rings. The summed E-state index contributed by atoms with van der Waals surface area (Å²) in [6, 6.07) is 12.2. The second-order valence-electron chi connectivity index (χ2n) is 9.28. The fourth-order valence-corrected chi connectivity index (χ4v) is 5.10. The molecule has 186 valence electrons. The Kier molecular flexibility index (Phi) is 6.46. The molecule has 0 atom stereocenters. The third-order valence-electron chi connectivity index (χ3n) is 6.56. The average Bonchev–Trinajstić information content (AvgIpc) is 3.46. The lowest BCUT2D eigenvalue weighted by molar-refractivity contribution is 0.115.